The normalized spacial score (nSPS) is 37.2. The van der Waals surface area contributed by atoms with Gasteiger partial charge < -0.3 is 19.7 Å². The highest BCUT2D eigenvalue weighted by Gasteiger charge is 2.56. The smallest absolute Gasteiger partial charge is 0.336 e. The van der Waals surface area contributed by atoms with Crippen molar-refractivity contribution in [3.8, 4) is 0 Å². The van der Waals surface area contributed by atoms with Gasteiger partial charge in [-0.05, 0) is 17.9 Å². The van der Waals surface area contributed by atoms with Crippen LogP contribution >= 0.6 is 0 Å². The van der Waals surface area contributed by atoms with Crippen LogP contribution in [0.4, 0.5) is 0 Å². The molecule has 0 radical (unpaired) electrons. The molecular formula is C19H22O6. The highest BCUT2D eigenvalue weighted by atomic mass is 16.6. The van der Waals surface area contributed by atoms with Crippen LogP contribution in [0.2, 0.25) is 0 Å². The lowest BCUT2D eigenvalue weighted by atomic mass is 9.81. The lowest BCUT2D eigenvalue weighted by Crippen LogP contribution is -2.36. The Balaban J connectivity index is 1.96. The van der Waals surface area contributed by atoms with Gasteiger partial charge in [-0.25, -0.2) is 9.59 Å². The molecule has 0 aromatic carbocycles. The first-order chi connectivity index (χ1) is 11.8. The maximum absolute atomic E-state index is 12.1. The van der Waals surface area contributed by atoms with Gasteiger partial charge in [0.05, 0.1) is 24.2 Å². The zero-order valence-electron chi connectivity index (χ0n) is 13.9. The molecule has 134 valence electrons. The number of esters is 2. The fourth-order valence-corrected chi connectivity index (χ4v) is 4.16. The van der Waals surface area contributed by atoms with Crippen molar-refractivity contribution < 1.29 is 29.3 Å². The molecule has 6 atom stereocenters. The summed E-state index contributed by atoms with van der Waals surface area (Å²) < 4.78 is 11.0. The predicted molar refractivity (Wildman–Crippen MR) is 89.1 cm³/mol. The van der Waals surface area contributed by atoms with Crippen molar-refractivity contribution in [3.63, 3.8) is 0 Å². The van der Waals surface area contributed by atoms with Gasteiger partial charge in [0.25, 0.3) is 0 Å². The summed E-state index contributed by atoms with van der Waals surface area (Å²) in [4.78, 5) is 24.2. The Morgan fingerprint density at radius 2 is 1.96 bits per heavy atom. The van der Waals surface area contributed by atoms with Gasteiger partial charge in [0.15, 0.2) is 0 Å². The quantitative estimate of drug-likeness (QED) is 0.451. The van der Waals surface area contributed by atoms with Crippen LogP contribution in [0.15, 0.2) is 48.6 Å². The van der Waals surface area contributed by atoms with Crippen molar-refractivity contribution in [2.24, 2.45) is 17.8 Å². The van der Waals surface area contributed by atoms with E-state index in [1.807, 2.05) is 0 Å². The molecule has 0 unspecified atom stereocenters. The Hall–Kier alpha value is -2.18. The van der Waals surface area contributed by atoms with Crippen LogP contribution in [0, 0.1) is 17.8 Å². The summed E-state index contributed by atoms with van der Waals surface area (Å²) in [5.74, 6) is -2.18. The highest BCUT2D eigenvalue weighted by molar-refractivity contribution is 5.92. The van der Waals surface area contributed by atoms with Gasteiger partial charge in [0.2, 0.25) is 0 Å². The van der Waals surface area contributed by atoms with Crippen molar-refractivity contribution >= 4 is 11.9 Å². The van der Waals surface area contributed by atoms with E-state index in [9.17, 15) is 14.7 Å². The van der Waals surface area contributed by atoms with Crippen molar-refractivity contribution in [2.45, 2.75) is 31.2 Å². The predicted octanol–water partition coefficient (Wildman–Crippen LogP) is 1.06. The summed E-state index contributed by atoms with van der Waals surface area (Å²) in [5, 5.41) is 19.2. The van der Waals surface area contributed by atoms with Crippen LogP contribution in [0.5, 0.6) is 0 Å². The Bertz CT molecular complexity index is 690. The van der Waals surface area contributed by atoms with Gasteiger partial charge in [0.1, 0.15) is 12.2 Å². The number of hydrogen-bond donors (Lipinski definition) is 2. The van der Waals surface area contributed by atoms with Crippen molar-refractivity contribution in [3.05, 3.63) is 48.6 Å². The van der Waals surface area contributed by atoms with Crippen LogP contribution in [0.3, 0.4) is 0 Å². The van der Waals surface area contributed by atoms with Gasteiger partial charge in [-0.15, -0.1) is 0 Å². The average Bonchev–Trinajstić information content (AvgIpc) is 2.99. The highest BCUT2D eigenvalue weighted by Crippen LogP contribution is 2.52. The van der Waals surface area contributed by atoms with E-state index in [-0.39, 0.29) is 23.0 Å². The second-order valence-corrected chi connectivity index (χ2v) is 6.95. The number of carbonyl (C=O) groups excluding carboxylic acids is 2. The number of hydrogen-bond acceptors (Lipinski definition) is 6. The summed E-state index contributed by atoms with van der Waals surface area (Å²) in [7, 11) is 0. The topological polar surface area (TPSA) is 93.1 Å². The molecule has 6 nitrogen and oxygen atoms in total. The fraction of sp³-hybridized carbons (Fsp3) is 0.474. The SMILES string of the molecule is C=C(CO)C(=O)O[C@H]1CC(=C)[C@@H]2C[C@@H](O)C(=C)[C@@H]2[C@H]2OC(=O)C(=C)[C@H]21. The molecule has 0 amide bonds. The summed E-state index contributed by atoms with van der Waals surface area (Å²) in [6.07, 6.45) is -1.19. The van der Waals surface area contributed by atoms with Crippen molar-refractivity contribution in [2.75, 3.05) is 6.61 Å². The van der Waals surface area contributed by atoms with Crippen molar-refractivity contribution in [1.29, 1.82) is 0 Å². The maximum atomic E-state index is 12.1. The van der Waals surface area contributed by atoms with E-state index in [1.54, 1.807) is 0 Å². The first-order valence-corrected chi connectivity index (χ1v) is 8.20. The Kier molecular flexibility index (Phi) is 4.43. The minimum absolute atomic E-state index is 0.0673. The second-order valence-electron chi connectivity index (χ2n) is 6.95. The zero-order chi connectivity index (χ0) is 18.5. The summed E-state index contributed by atoms with van der Waals surface area (Å²) in [6, 6.07) is 0. The first kappa shape index (κ1) is 17.6. The lowest BCUT2D eigenvalue weighted by Gasteiger charge is -2.28. The van der Waals surface area contributed by atoms with Gasteiger partial charge in [-0.3, -0.25) is 0 Å². The summed E-state index contributed by atoms with van der Waals surface area (Å²) >= 11 is 0. The minimum Gasteiger partial charge on any atom is -0.458 e. The van der Waals surface area contributed by atoms with Crippen LogP contribution in [0.25, 0.3) is 0 Å². The molecule has 0 bridgehead atoms. The average molecular weight is 346 g/mol. The first-order valence-electron chi connectivity index (χ1n) is 8.20. The molecule has 3 aliphatic rings. The number of fused-ring (bicyclic) bond motifs is 3. The summed E-state index contributed by atoms with van der Waals surface area (Å²) in [6.45, 7) is 14.8. The third kappa shape index (κ3) is 2.75. The molecule has 25 heavy (non-hydrogen) atoms. The number of carbonyl (C=O) groups is 2. The van der Waals surface area contributed by atoms with E-state index in [0.29, 0.717) is 18.4 Å². The van der Waals surface area contributed by atoms with Crippen LogP contribution in [-0.2, 0) is 19.1 Å². The summed E-state index contributed by atoms with van der Waals surface area (Å²) in [5.41, 5.74) is 1.59. The third-order valence-corrected chi connectivity index (χ3v) is 5.51. The Morgan fingerprint density at radius 3 is 2.60 bits per heavy atom. The number of ether oxygens (including phenoxy) is 2. The fourth-order valence-electron chi connectivity index (χ4n) is 4.16. The van der Waals surface area contributed by atoms with Crippen LogP contribution in [-0.4, -0.2) is 47.1 Å². The van der Waals surface area contributed by atoms with E-state index < -0.39 is 42.8 Å². The Morgan fingerprint density at radius 1 is 1.28 bits per heavy atom. The van der Waals surface area contributed by atoms with Gasteiger partial charge >= 0.3 is 11.9 Å². The molecule has 6 heteroatoms. The van der Waals surface area contributed by atoms with Crippen LogP contribution < -0.4 is 0 Å². The molecule has 0 aromatic heterocycles. The molecule has 1 heterocycles. The molecular weight excluding hydrogens is 324 g/mol. The van der Waals surface area contributed by atoms with Gasteiger partial charge in [-0.2, -0.15) is 0 Å². The van der Waals surface area contributed by atoms with E-state index in [0.717, 1.165) is 5.57 Å². The molecule has 3 rings (SSSR count). The van der Waals surface area contributed by atoms with Crippen LogP contribution in [0.1, 0.15) is 12.8 Å². The van der Waals surface area contributed by atoms with E-state index >= 15 is 0 Å². The van der Waals surface area contributed by atoms with E-state index in [4.69, 9.17) is 14.6 Å². The van der Waals surface area contributed by atoms with E-state index in [1.165, 1.54) is 0 Å². The maximum Gasteiger partial charge on any atom is 0.336 e. The molecule has 2 N–H and O–H groups in total. The molecule has 0 aromatic rings. The lowest BCUT2D eigenvalue weighted by molar-refractivity contribution is -0.148. The number of rotatable bonds is 3. The van der Waals surface area contributed by atoms with Gasteiger partial charge in [0, 0.05) is 17.9 Å². The van der Waals surface area contributed by atoms with Gasteiger partial charge in [-0.1, -0.05) is 31.9 Å². The largest absolute Gasteiger partial charge is 0.458 e. The zero-order valence-corrected chi connectivity index (χ0v) is 13.9. The third-order valence-electron chi connectivity index (χ3n) is 5.51. The standard InChI is InChI=1S/C19H22O6/c1-8-5-14(24-18(22)9(2)7-20)16-11(4)19(23)25-17(16)15-10(3)13(21)6-12(8)15/h12-17,20-21H,1-7H2/t12-,13+,14-,15-,16-,17+/m0/s1. The molecule has 1 saturated heterocycles. The number of aliphatic hydroxyl groups excluding tert-OH is 2. The molecule has 3 fully saturated rings. The minimum atomic E-state index is -0.725. The molecule has 2 aliphatic carbocycles. The monoisotopic (exact) mass is 346 g/mol. The number of aliphatic hydroxyl groups is 2. The molecule has 0 spiro atoms. The molecule has 2 saturated carbocycles. The van der Waals surface area contributed by atoms with E-state index in [2.05, 4.69) is 26.3 Å². The second kappa shape index (κ2) is 6.28. The Labute approximate surface area is 146 Å². The molecule has 1 aliphatic heterocycles. The van der Waals surface area contributed by atoms with Crippen molar-refractivity contribution in [1.82, 2.24) is 0 Å².